The molecule has 0 radical (unpaired) electrons. The van der Waals surface area contributed by atoms with Crippen LogP contribution in [-0.4, -0.2) is 43.6 Å². The molecular weight excluding hydrogens is 407 g/mol. The summed E-state index contributed by atoms with van der Waals surface area (Å²) in [6.07, 6.45) is 5.40. The number of aromatic nitrogens is 4. The third kappa shape index (κ3) is 3.74. The number of likely N-dealkylation sites (tertiary alicyclic amines) is 1. The fourth-order valence-corrected chi connectivity index (χ4v) is 4.83. The highest BCUT2D eigenvalue weighted by Gasteiger charge is 2.35. The Morgan fingerprint density at radius 2 is 1.94 bits per heavy atom. The van der Waals surface area contributed by atoms with Gasteiger partial charge in [0.2, 0.25) is 0 Å². The van der Waals surface area contributed by atoms with Crippen LogP contribution < -0.4 is 4.90 Å². The maximum Gasteiger partial charge on any atom is 0.272 e. The standard InChI is InChI=1S/C24H27FN6O/c1-16-19-5-3-13-30(15-17-7-9-18(25)10-8-17)23(19)28-22(27-16)20-6-4-14-31(20)24(32)21-11-12-26-29(21)2/h7-12,20H,3-6,13-15H2,1-2H3/t20-/m0/s1. The molecule has 1 atom stereocenters. The van der Waals surface area contributed by atoms with Crippen molar-refractivity contribution in [2.75, 3.05) is 18.0 Å². The summed E-state index contributed by atoms with van der Waals surface area (Å²) in [6.45, 7) is 4.29. The Labute approximate surface area is 186 Å². The Bertz CT molecular complexity index is 1140. The summed E-state index contributed by atoms with van der Waals surface area (Å²) in [5.74, 6) is 1.39. The zero-order valence-corrected chi connectivity index (χ0v) is 18.5. The van der Waals surface area contributed by atoms with E-state index in [1.807, 2.05) is 24.0 Å². The van der Waals surface area contributed by atoms with Crippen molar-refractivity contribution >= 4 is 11.7 Å². The number of hydrogen-bond donors (Lipinski definition) is 0. The Morgan fingerprint density at radius 1 is 1.12 bits per heavy atom. The van der Waals surface area contributed by atoms with Gasteiger partial charge in [0, 0.05) is 44.1 Å². The van der Waals surface area contributed by atoms with Crippen LogP contribution in [0.2, 0.25) is 0 Å². The molecule has 1 saturated heterocycles. The number of rotatable bonds is 4. The van der Waals surface area contributed by atoms with Gasteiger partial charge in [0.1, 0.15) is 17.3 Å². The monoisotopic (exact) mass is 434 g/mol. The first-order valence-corrected chi connectivity index (χ1v) is 11.2. The average Bonchev–Trinajstić information content (AvgIpc) is 3.44. The van der Waals surface area contributed by atoms with Crippen LogP contribution >= 0.6 is 0 Å². The Morgan fingerprint density at radius 3 is 2.69 bits per heavy atom. The molecule has 0 spiro atoms. The van der Waals surface area contributed by atoms with E-state index in [2.05, 4.69) is 10.00 Å². The minimum atomic E-state index is -0.229. The van der Waals surface area contributed by atoms with E-state index in [0.717, 1.165) is 49.3 Å². The van der Waals surface area contributed by atoms with Crippen molar-refractivity contribution in [1.29, 1.82) is 0 Å². The molecule has 32 heavy (non-hydrogen) atoms. The molecule has 5 rings (SSSR count). The Balaban J connectivity index is 1.46. The normalized spacial score (nSPS) is 18.2. The van der Waals surface area contributed by atoms with Crippen LogP contribution in [0, 0.1) is 12.7 Å². The van der Waals surface area contributed by atoms with Crippen molar-refractivity contribution in [1.82, 2.24) is 24.6 Å². The first-order chi connectivity index (χ1) is 15.5. The van der Waals surface area contributed by atoms with E-state index in [0.29, 0.717) is 24.6 Å². The van der Waals surface area contributed by atoms with Gasteiger partial charge in [0.25, 0.3) is 5.91 Å². The summed E-state index contributed by atoms with van der Waals surface area (Å²) in [6, 6.07) is 8.25. The molecule has 1 aromatic carbocycles. The number of anilines is 1. The lowest BCUT2D eigenvalue weighted by molar-refractivity contribution is 0.0718. The lowest BCUT2D eigenvalue weighted by Gasteiger charge is -2.32. The molecule has 0 bridgehead atoms. The molecule has 4 heterocycles. The van der Waals surface area contributed by atoms with E-state index in [-0.39, 0.29) is 17.8 Å². The van der Waals surface area contributed by atoms with E-state index in [4.69, 9.17) is 9.97 Å². The number of nitrogens with zero attached hydrogens (tertiary/aromatic N) is 6. The number of carbonyl (C=O) groups excluding carboxylic acids is 1. The quantitative estimate of drug-likeness (QED) is 0.628. The lowest BCUT2D eigenvalue weighted by atomic mass is 10.0. The van der Waals surface area contributed by atoms with Gasteiger partial charge in [-0.05, 0) is 56.4 Å². The molecule has 2 aliphatic rings. The third-order valence-corrected chi connectivity index (χ3v) is 6.50. The highest BCUT2D eigenvalue weighted by Crippen LogP contribution is 2.35. The molecule has 2 aromatic heterocycles. The highest BCUT2D eigenvalue weighted by molar-refractivity contribution is 5.93. The van der Waals surface area contributed by atoms with Crippen molar-refractivity contribution < 1.29 is 9.18 Å². The van der Waals surface area contributed by atoms with Crippen LogP contribution in [0.15, 0.2) is 36.5 Å². The largest absolute Gasteiger partial charge is 0.352 e. The number of halogens is 1. The van der Waals surface area contributed by atoms with E-state index >= 15 is 0 Å². The fourth-order valence-electron chi connectivity index (χ4n) is 4.83. The van der Waals surface area contributed by atoms with Gasteiger partial charge in [-0.15, -0.1) is 0 Å². The first kappa shape index (κ1) is 20.6. The minimum absolute atomic E-state index is 0.0327. The van der Waals surface area contributed by atoms with Gasteiger partial charge in [-0.1, -0.05) is 12.1 Å². The maximum atomic E-state index is 13.3. The average molecular weight is 435 g/mol. The van der Waals surface area contributed by atoms with Gasteiger partial charge in [0.15, 0.2) is 5.82 Å². The maximum absolute atomic E-state index is 13.3. The number of benzene rings is 1. The second-order valence-corrected chi connectivity index (χ2v) is 8.62. The molecule has 1 amide bonds. The molecule has 3 aromatic rings. The third-order valence-electron chi connectivity index (χ3n) is 6.50. The Kier molecular flexibility index (Phi) is 5.36. The minimum Gasteiger partial charge on any atom is -0.352 e. The van der Waals surface area contributed by atoms with E-state index in [1.54, 1.807) is 24.0 Å². The number of carbonyl (C=O) groups is 1. The van der Waals surface area contributed by atoms with Gasteiger partial charge in [-0.3, -0.25) is 9.48 Å². The first-order valence-electron chi connectivity index (χ1n) is 11.2. The van der Waals surface area contributed by atoms with Crippen LogP contribution in [0.1, 0.15) is 58.4 Å². The van der Waals surface area contributed by atoms with Crippen molar-refractivity contribution in [3.63, 3.8) is 0 Å². The molecule has 1 fully saturated rings. The molecule has 166 valence electrons. The van der Waals surface area contributed by atoms with Gasteiger partial charge >= 0.3 is 0 Å². The number of hydrogen-bond acceptors (Lipinski definition) is 5. The SMILES string of the molecule is Cc1nc([C@@H]2CCCN2C(=O)c2ccnn2C)nc2c1CCCN2Cc1ccc(F)cc1. The van der Waals surface area contributed by atoms with Crippen molar-refractivity contribution in [3.8, 4) is 0 Å². The smallest absolute Gasteiger partial charge is 0.272 e. The molecule has 8 heteroatoms. The second kappa shape index (κ2) is 8.33. The van der Waals surface area contributed by atoms with Crippen molar-refractivity contribution in [2.45, 2.75) is 45.2 Å². The van der Waals surface area contributed by atoms with Crippen molar-refractivity contribution in [2.24, 2.45) is 7.05 Å². The fraction of sp³-hybridized carbons (Fsp3) is 0.417. The lowest BCUT2D eigenvalue weighted by Crippen LogP contribution is -2.35. The summed E-state index contributed by atoms with van der Waals surface area (Å²) < 4.78 is 15.0. The van der Waals surface area contributed by atoms with Gasteiger partial charge in [-0.2, -0.15) is 5.10 Å². The molecule has 7 nitrogen and oxygen atoms in total. The summed E-state index contributed by atoms with van der Waals surface area (Å²) >= 11 is 0. The summed E-state index contributed by atoms with van der Waals surface area (Å²) in [5.41, 5.74) is 3.77. The van der Waals surface area contributed by atoms with E-state index < -0.39 is 0 Å². The molecule has 2 aliphatic heterocycles. The predicted octanol–water partition coefficient (Wildman–Crippen LogP) is 3.59. The van der Waals surface area contributed by atoms with Gasteiger partial charge < -0.3 is 9.80 Å². The molecule has 0 unspecified atom stereocenters. The highest BCUT2D eigenvalue weighted by atomic mass is 19.1. The van der Waals surface area contributed by atoms with Crippen LogP contribution in [0.5, 0.6) is 0 Å². The molecule has 0 N–H and O–H groups in total. The summed E-state index contributed by atoms with van der Waals surface area (Å²) in [5, 5.41) is 4.14. The van der Waals surface area contributed by atoms with Crippen molar-refractivity contribution in [3.05, 3.63) is 70.7 Å². The van der Waals surface area contributed by atoms with E-state index in [1.165, 1.54) is 17.7 Å². The molecular formula is C24H27FN6O. The zero-order valence-electron chi connectivity index (χ0n) is 18.5. The van der Waals surface area contributed by atoms with E-state index in [9.17, 15) is 9.18 Å². The van der Waals surface area contributed by atoms with Crippen LogP contribution in [-0.2, 0) is 20.0 Å². The zero-order chi connectivity index (χ0) is 22.2. The summed E-state index contributed by atoms with van der Waals surface area (Å²) in [7, 11) is 1.78. The van der Waals surface area contributed by atoms with Crippen LogP contribution in [0.3, 0.4) is 0 Å². The number of aryl methyl sites for hydroxylation is 2. The predicted molar refractivity (Wildman–Crippen MR) is 119 cm³/mol. The number of amides is 1. The van der Waals surface area contributed by atoms with Crippen LogP contribution in [0.4, 0.5) is 10.2 Å². The topological polar surface area (TPSA) is 67.2 Å². The molecule has 0 aliphatic carbocycles. The molecule has 0 saturated carbocycles. The Hall–Kier alpha value is -3.29. The number of fused-ring (bicyclic) bond motifs is 1. The van der Waals surface area contributed by atoms with Gasteiger partial charge in [0.05, 0.1) is 6.04 Å². The van der Waals surface area contributed by atoms with Crippen LogP contribution in [0.25, 0.3) is 0 Å². The summed E-state index contributed by atoms with van der Waals surface area (Å²) in [4.78, 5) is 27.2. The van der Waals surface area contributed by atoms with Gasteiger partial charge in [-0.25, -0.2) is 14.4 Å². The second-order valence-electron chi connectivity index (χ2n) is 8.62.